The van der Waals surface area contributed by atoms with Crippen molar-refractivity contribution < 1.29 is 8.81 Å². The highest BCUT2D eigenvalue weighted by Crippen LogP contribution is 2.24. The Kier molecular flexibility index (Phi) is 3.64. The van der Waals surface area contributed by atoms with Crippen LogP contribution < -0.4 is 0 Å². The van der Waals surface area contributed by atoms with Crippen LogP contribution in [0.1, 0.15) is 25.5 Å². The van der Waals surface area contributed by atoms with Crippen molar-refractivity contribution in [2.75, 3.05) is 0 Å². The Morgan fingerprint density at radius 3 is 2.94 bits per heavy atom. The first-order valence-corrected chi connectivity index (χ1v) is 6.43. The van der Waals surface area contributed by atoms with Crippen molar-refractivity contribution in [3.8, 4) is 0 Å². The van der Waals surface area contributed by atoms with Gasteiger partial charge >= 0.3 is 0 Å². The van der Waals surface area contributed by atoms with E-state index in [1.165, 1.54) is 6.07 Å². The highest BCUT2D eigenvalue weighted by Gasteiger charge is 2.09. The predicted molar refractivity (Wildman–Crippen MR) is 67.5 cm³/mol. The lowest BCUT2D eigenvalue weighted by Gasteiger charge is -2.03. The van der Waals surface area contributed by atoms with Gasteiger partial charge in [-0.2, -0.15) is 0 Å². The van der Waals surface area contributed by atoms with E-state index in [1.54, 1.807) is 6.07 Å². The maximum absolute atomic E-state index is 13.4. The van der Waals surface area contributed by atoms with Gasteiger partial charge in [0.2, 0.25) is 0 Å². The van der Waals surface area contributed by atoms with Crippen LogP contribution in [-0.2, 0) is 6.42 Å². The third kappa shape index (κ3) is 2.46. The molecule has 1 nitrogen and oxygen atoms in total. The molecule has 3 heteroatoms. The number of hydrogen-bond acceptors (Lipinski definition) is 1. The molecule has 2 aromatic rings. The van der Waals surface area contributed by atoms with Crippen molar-refractivity contribution in [2.24, 2.45) is 0 Å². The van der Waals surface area contributed by atoms with Gasteiger partial charge in [0.15, 0.2) is 11.4 Å². The van der Waals surface area contributed by atoms with Crippen LogP contribution >= 0.6 is 15.9 Å². The molecule has 1 atom stereocenters. The summed E-state index contributed by atoms with van der Waals surface area (Å²) in [6, 6.07) is 6.93. The van der Waals surface area contributed by atoms with Gasteiger partial charge in [0, 0.05) is 16.6 Å². The Morgan fingerprint density at radius 1 is 1.44 bits per heavy atom. The standard InChI is InChI=1S/C13H14BrFO/c1-2-10(14)6-7-11-8-9-4-3-5-12(15)13(9)16-11/h3-5,8,10H,2,6-7H2,1H3. The summed E-state index contributed by atoms with van der Waals surface area (Å²) < 4.78 is 18.9. The van der Waals surface area contributed by atoms with Crippen LogP contribution in [0.3, 0.4) is 0 Å². The number of benzene rings is 1. The first kappa shape index (κ1) is 11.6. The number of furan rings is 1. The molecule has 0 fully saturated rings. The molecule has 0 aliphatic rings. The lowest BCUT2D eigenvalue weighted by atomic mass is 10.1. The lowest BCUT2D eigenvalue weighted by Crippen LogP contribution is -1.96. The second-order valence-electron chi connectivity index (χ2n) is 3.92. The third-order valence-corrected chi connectivity index (χ3v) is 3.80. The van der Waals surface area contributed by atoms with E-state index in [1.807, 2.05) is 12.1 Å². The van der Waals surface area contributed by atoms with E-state index >= 15 is 0 Å². The van der Waals surface area contributed by atoms with Crippen LogP contribution in [-0.4, -0.2) is 4.83 Å². The first-order valence-electron chi connectivity index (χ1n) is 5.51. The molecular formula is C13H14BrFO. The second-order valence-corrected chi connectivity index (χ2v) is 5.21. The molecule has 16 heavy (non-hydrogen) atoms. The fourth-order valence-corrected chi connectivity index (χ4v) is 1.94. The molecule has 0 bridgehead atoms. The quantitative estimate of drug-likeness (QED) is 0.743. The molecule has 2 rings (SSSR count). The van der Waals surface area contributed by atoms with Gasteiger partial charge in [-0.15, -0.1) is 0 Å². The zero-order chi connectivity index (χ0) is 11.5. The second kappa shape index (κ2) is 5.00. The molecule has 0 spiro atoms. The van der Waals surface area contributed by atoms with E-state index in [0.717, 1.165) is 30.4 Å². The SMILES string of the molecule is CCC(Br)CCc1cc2cccc(F)c2o1. The zero-order valence-corrected chi connectivity index (χ0v) is 10.8. The average molecular weight is 285 g/mol. The van der Waals surface area contributed by atoms with Crippen molar-refractivity contribution in [1.82, 2.24) is 0 Å². The summed E-state index contributed by atoms with van der Waals surface area (Å²) in [6.45, 7) is 2.14. The molecule has 1 heterocycles. The largest absolute Gasteiger partial charge is 0.458 e. The lowest BCUT2D eigenvalue weighted by molar-refractivity contribution is 0.510. The Hall–Kier alpha value is -0.830. The van der Waals surface area contributed by atoms with E-state index in [2.05, 4.69) is 22.9 Å². The number of aryl methyl sites for hydroxylation is 1. The molecule has 1 aromatic carbocycles. The Morgan fingerprint density at radius 2 is 2.25 bits per heavy atom. The monoisotopic (exact) mass is 284 g/mol. The molecule has 0 amide bonds. The Labute approximate surface area is 103 Å². The summed E-state index contributed by atoms with van der Waals surface area (Å²) in [5.74, 6) is 0.577. The van der Waals surface area contributed by atoms with E-state index in [4.69, 9.17) is 4.42 Å². The number of para-hydroxylation sites is 1. The Balaban J connectivity index is 2.17. The summed E-state index contributed by atoms with van der Waals surface area (Å²) in [5, 5.41) is 0.845. The van der Waals surface area contributed by atoms with Crippen LogP contribution in [0.15, 0.2) is 28.7 Å². The van der Waals surface area contributed by atoms with E-state index in [0.29, 0.717) is 10.4 Å². The molecular weight excluding hydrogens is 271 g/mol. The van der Waals surface area contributed by atoms with Crippen LogP contribution in [0.5, 0.6) is 0 Å². The predicted octanol–water partition coefficient (Wildman–Crippen LogP) is 4.68. The third-order valence-electron chi connectivity index (χ3n) is 2.69. The zero-order valence-electron chi connectivity index (χ0n) is 9.17. The first-order chi connectivity index (χ1) is 7.70. The van der Waals surface area contributed by atoms with Crippen molar-refractivity contribution in [2.45, 2.75) is 31.0 Å². The molecule has 0 saturated carbocycles. The van der Waals surface area contributed by atoms with Gasteiger partial charge in [-0.3, -0.25) is 0 Å². The molecule has 1 aromatic heterocycles. The van der Waals surface area contributed by atoms with Gasteiger partial charge < -0.3 is 4.42 Å². The molecule has 0 aliphatic carbocycles. The fourth-order valence-electron chi connectivity index (χ4n) is 1.71. The normalized spacial score (nSPS) is 13.2. The average Bonchev–Trinajstić information content (AvgIpc) is 2.70. The minimum absolute atomic E-state index is 0.283. The Bertz CT molecular complexity index is 478. The molecule has 1 unspecified atom stereocenters. The number of rotatable bonds is 4. The number of halogens is 2. The van der Waals surface area contributed by atoms with Gasteiger partial charge in [0.05, 0.1) is 0 Å². The maximum Gasteiger partial charge on any atom is 0.169 e. The maximum atomic E-state index is 13.4. The van der Waals surface area contributed by atoms with Crippen molar-refractivity contribution in [3.63, 3.8) is 0 Å². The number of alkyl halides is 1. The van der Waals surface area contributed by atoms with E-state index in [9.17, 15) is 4.39 Å². The summed E-state index contributed by atoms with van der Waals surface area (Å²) in [5.41, 5.74) is 0.375. The summed E-state index contributed by atoms with van der Waals surface area (Å²) in [7, 11) is 0. The molecule has 86 valence electrons. The van der Waals surface area contributed by atoms with Gasteiger partial charge in [0.1, 0.15) is 5.76 Å². The van der Waals surface area contributed by atoms with Gasteiger partial charge in [-0.05, 0) is 25.0 Å². The smallest absolute Gasteiger partial charge is 0.169 e. The van der Waals surface area contributed by atoms with Crippen LogP contribution in [0, 0.1) is 5.82 Å². The van der Waals surface area contributed by atoms with Gasteiger partial charge in [0.25, 0.3) is 0 Å². The topological polar surface area (TPSA) is 13.1 Å². The van der Waals surface area contributed by atoms with Crippen LogP contribution in [0.4, 0.5) is 4.39 Å². The van der Waals surface area contributed by atoms with Crippen molar-refractivity contribution in [1.29, 1.82) is 0 Å². The van der Waals surface area contributed by atoms with Crippen molar-refractivity contribution in [3.05, 3.63) is 35.8 Å². The molecule has 0 aliphatic heterocycles. The summed E-state index contributed by atoms with van der Waals surface area (Å²) in [4.78, 5) is 0.505. The molecule has 0 saturated heterocycles. The number of hydrogen-bond donors (Lipinski definition) is 0. The van der Waals surface area contributed by atoms with Crippen LogP contribution in [0.25, 0.3) is 11.0 Å². The summed E-state index contributed by atoms with van der Waals surface area (Å²) in [6.07, 6.45) is 2.95. The fraction of sp³-hybridized carbons (Fsp3) is 0.385. The highest BCUT2D eigenvalue weighted by molar-refractivity contribution is 9.09. The van der Waals surface area contributed by atoms with Gasteiger partial charge in [-0.1, -0.05) is 35.0 Å². The molecule has 0 N–H and O–H groups in total. The van der Waals surface area contributed by atoms with Crippen LogP contribution in [0.2, 0.25) is 0 Å². The van der Waals surface area contributed by atoms with Gasteiger partial charge in [-0.25, -0.2) is 4.39 Å². The van der Waals surface area contributed by atoms with E-state index in [-0.39, 0.29) is 5.82 Å². The summed E-state index contributed by atoms with van der Waals surface area (Å²) >= 11 is 3.58. The molecule has 0 radical (unpaired) electrons. The minimum Gasteiger partial charge on any atom is -0.458 e. The van der Waals surface area contributed by atoms with Crippen molar-refractivity contribution >= 4 is 26.9 Å². The highest BCUT2D eigenvalue weighted by atomic mass is 79.9. The van der Waals surface area contributed by atoms with E-state index < -0.39 is 0 Å². The minimum atomic E-state index is -0.283. The number of fused-ring (bicyclic) bond motifs is 1.